The van der Waals surface area contributed by atoms with Gasteiger partial charge < -0.3 is 16.0 Å². The fraction of sp³-hybridized carbons (Fsp3) is 0.150. The Kier molecular flexibility index (Phi) is 5.08. The molecule has 27 heavy (non-hydrogen) atoms. The van der Waals surface area contributed by atoms with Gasteiger partial charge in [-0.1, -0.05) is 24.3 Å². The Labute approximate surface area is 157 Å². The first-order chi connectivity index (χ1) is 13.0. The first-order valence-electron chi connectivity index (χ1n) is 8.39. The van der Waals surface area contributed by atoms with Gasteiger partial charge in [-0.25, -0.2) is 4.68 Å². The van der Waals surface area contributed by atoms with E-state index in [0.29, 0.717) is 11.4 Å². The Bertz CT molecular complexity index is 1000. The number of nitriles is 1. The number of benzene rings is 2. The molecule has 2 aromatic carbocycles. The third-order valence-electron chi connectivity index (χ3n) is 4.08. The lowest BCUT2D eigenvalue weighted by Crippen LogP contribution is -2.16. The van der Waals surface area contributed by atoms with Gasteiger partial charge in [-0.3, -0.25) is 4.79 Å². The van der Waals surface area contributed by atoms with Crippen molar-refractivity contribution in [3.8, 4) is 11.8 Å². The summed E-state index contributed by atoms with van der Waals surface area (Å²) in [6, 6.07) is 18.8. The number of anilines is 3. The van der Waals surface area contributed by atoms with Crippen molar-refractivity contribution in [3.63, 3.8) is 0 Å². The monoisotopic (exact) mass is 360 g/mol. The number of hydrogen-bond acceptors (Lipinski definition) is 5. The van der Waals surface area contributed by atoms with E-state index in [-0.39, 0.29) is 23.7 Å². The average Bonchev–Trinajstić information content (AvgIpc) is 2.97. The second-order valence-corrected chi connectivity index (χ2v) is 6.24. The van der Waals surface area contributed by atoms with Crippen molar-refractivity contribution in [3.05, 3.63) is 65.9 Å². The third-order valence-corrected chi connectivity index (χ3v) is 4.08. The highest BCUT2D eigenvalue weighted by atomic mass is 16.1. The van der Waals surface area contributed by atoms with E-state index in [2.05, 4.69) is 16.5 Å². The summed E-state index contributed by atoms with van der Waals surface area (Å²) in [7, 11) is 3.86. The zero-order valence-electron chi connectivity index (χ0n) is 15.2. The molecule has 3 aromatic rings. The molecule has 3 rings (SSSR count). The molecule has 0 aliphatic carbocycles. The molecule has 7 nitrogen and oxygen atoms in total. The Balaban J connectivity index is 1.82. The molecule has 0 aliphatic rings. The number of nitrogens with two attached hydrogens (primary N) is 1. The number of nitrogens with zero attached hydrogens (tertiary/aromatic N) is 4. The van der Waals surface area contributed by atoms with Crippen molar-refractivity contribution >= 4 is 23.1 Å². The minimum atomic E-state index is -0.264. The van der Waals surface area contributed by atoms with Gasteiger partial charge in [0.15, 0.2) is 0 Å². The molecule has 0 saturated carbocycles. The summed E-state index contributed by atoms with van der Waals surface area (Å²) in [5, 5.41) is 16.7. The van der Waals surface area contributed by atoms with Gasteiger partial charge in [-0.2, -0.15) is 10.4 Å². The SMILES string of the molecule is CN(C)c1cccc(NC(=O)Cc2nn(-c3ccccc3)c(N)c2C#N)c1. The second kappa shape index (κ2) is 7.62. The lowest BCUT2D eigenvalue weighted by Gasteiger charge is -2.13. The van der Waals surface area contributed by atoms with Gasteiger partial charge in [0, 0.05) is 25.5 Å². The maximum absolute atomic E-state index is 12.5. The molecule has 0 fully saturated rings. The Hall–Kier alpha value is -3.79. The maximum atomic E-state index is 12.5. The smallest absolute Gasteiger partial charge is 0.230 e. The average molecular weight is 360 g/mol. The number of carbonyl (C=O) groups excluding carboxylic acids is 1. The number of amides is 1. The van der Waals surface area contributed by atoms with Gasteiger partial charge in [0.2, 0.25) is 5.91 Å². The van der Waals surface area contributed by atoms with Crippen molar-refractivity contribution in [1.82, 2.24) is 9.78 Å². The molecule has 0 saturated heterocycles. The zero-order valence-corrected chi connectivity index (χ0v) is 15.2. The van der Waals surface area contributed by atoms with Crippen molar-refractivity contribution < 1.29 is 4.79 Å². The van der Waals surface area contributed by atoms with Crippen molar-refractivity contribution in [1.29, 1.82) is 5.26 Å². The molecular weight excluding hydrogens is 340 g/mol. The summed E-state index contributed by atoms with van der Waals surface area (Å²) in [6.45, 7) is 0. The van der Waals surface area contributed by atoms with Crippen LogP contribution in [0.3, 0.4) is 0 Å². The summed E-state index contributed by atoms with van der Waals surface area (Å²) in [4.78, 5) is 14.4. The molecule has 7 heteroatoms. The molecule has 3 N–H and O–H groups in total. The molecule has 0 radical (unpaired) electrons. The fourth-order valence-electron chi connectivity index (χ4n) is 2.71. The van der Waals surface area contributed by atoms with Gasteiger partial charge in [-0.05, 0) is 30.3 Å². The first kappa shape index (κ1) is 18.0. The lowest BCUT2D eigenvalue weighted by atomic mass is 10.2. The summed E-state index contributed by atoms with van der Waals surface area (Å²) in [5.74, 6) is -0.0405. The van der Waals surface area contributed by atoms with E-state index in [0.717, 1.165) is 11.4 Å². The summed E-state index contributed by atoms with van der Waals surface area (Å²) in [6.07, 6.45) is -0.0425. The van der Waals surface area contributed by atoms with Gasteiger partial charge >= 0.3 is 0 Å². The predicted octanol–water partition coefficient (Wildman–Crippen LogP) is 2.57. The number of para-hydroxylation sites is 1. The van der Waals surface area contributed by atoms with Crippen LogP contribution in [0.15, 0.2) is 54.6 Å². The molecule has 136 valence electrons. The molecule has 0 aliphatic heterocycles. The van der Waals surface area contributed by atoms with Gasteiger partial charge in [0.05, 0.1) is 17.8 Å². The van der Waals surface area contributed by atoms with Crippen molar-refractivity contribution in [2.75, 3.05) is 30.0 Å². The largest absolute Gasteiger partial charge is 0.382 e. The lowest BCUT2D eigenvalue weighted by molar-refractivity contribution is -0.115. The van der Waals surface area contributed by atoms with Crippen LogP contribution >= 0.6 is 0 Å². The number of hydrogen-bond donors (Lipinski definition) is 2. The summed E-state index contributed by atoms with van der Waals surface area (Å²) < 4.78 is 1.48. The molecule has 0 unspecified atom stereocenters. The normalized spacial score (nSPS) is 10.3. The van der Waals surface area contributed by atoms with Crippen LogP contribution in [0.25, 0.3) is 5.69 Å². The molecule has 0 atom stereocenters. The van der Waals surface area contributed by atoms with E-state index in [1.54, 1.807) is 0 Å². The Morgan fingerprint density at radius 1 is 1.22 bits per heavy atom. The Morgan fingerprint density at radius 2 is 1.96 bits per heavy atom. The van der Waals surface area contributed by atoms with Gasteiger partial charge in [0.25, 0.3) is 0 Å². The third kappa shape index (κ3) is 3.90. The molecule has 1 aromatic heterocycles. The standard InChI is InChI=1S/C20H20N6O/c1-25(2)16-10-6-7-14(11-16)23-19(27)12-18-17(13-21)20(22)26(24-18)15-8-4-3-5-9-15/h3-11H,12,22H2,1-2H3,(H,23,27). The van der Waals surface area contributed by atoms with E-state index in [1.807, 2.05) is 73.6 Å². The van der Waals surface area contributed by atoms with Crippen LogP contribution < -0.4 is 16.0 Å². The number of aromatic nitrogens is 2. The van der Waals surface area contributed by atoms with Crippen LogP contribution in [0.1, 0.15) is 11.3 Å². The quantitative estimate of drug-likeness (QED) is 0.728. The topological polar surface area (TPSA) is 100.0 Å². The number of nitrogens with one attached hydrogen (secondary N) is 1. The Morgan fingerprint density at radius 3 is 2.63 bits per heavy atom. The maximum Gasteiger partial charge on any atom is 0.230 e. The van der Waals surface area contributed by atoms with E-state index < -0.39 is 0 Å². The minimum absolute atomic E-state index is 0.0425. The number of rotatable bonds is 5. The van der Waals surface area contributed by atoms with Crippen LogP contribution in [0.4, 0.5) is 17.2 Å². The molecular formula is C20H20N6O. The number of carbonyl (C=O) groups is 1. The minimum Gasteiger partial charge on any atom is -0.382 e. The first-order valence-corrected chi connectivity index (χ1v) is 8.39. The van der Waals surface area contributed by atoms with Crippen molar-refractivity contribution in [2.45, 2.75) is 6.42 Å². The highest BCUT2D eigenvalue weighted by Gasteiger charge is 2.19. The van der Waals surface area contributed by atoms with Crippen LogP contribution in [0.2, 0.25) is 0 Å². The molecule has 1 heterocycles. The second-order valence-electron chi connectivity index (χ2n) is 6.24. The fourth-order valence-corrected chi connectivity index (χ4v) is 2.71. The number of nitrogen functional groups attached to an aromatic ring is 1. The van der Waals surface area contributed by atoms with Crippen LogP contribution in [0.5, 0.6) is 0 Å². The van der Waals surface area contributed by atoms with Crippen LogP contribution in [-0.4, -0.2) is 29.8 Å². The molecule has 0 bridgehead atoms. The van der Waals surface area contributed by atoms with E-state index >= 15 is 0 Å². The summed E-state index contributed by atoms with van der Waals surface area (Å²) in [5.41, 5.74) is 9.02. The van der Waals surface area contributed by atoms with Crippen LogP contribution in [0, 0.1) is 11.3 Å². The van der Waals surface area contributed by atoms with Gasteiger partial charge in [0.1, 0.15) is 17.5 Å². The zero-order chi connectivity index (χ0) is 19.4. The van der Waals surface area contributed by atoms with E-state index in [9.17, 15) is 10.1 Å². The van der Waals surface area contributed by atoms with Gasteiger partial charge in [-0.15, -0.1) is 0 Å². The predicted molar refractivity (Wildman–Crippen MR) is 106 cm³/mol. The van der Waals surface area contributed by atoms with Crippen molar-refractivity contribution in [2.24, 2.45) is 0 Å². The highest BCUT2D eigenvalue weighted by Crippen LogP contribution is 2.22. The van der Waals surface area contributed by atoms with Crippen LogP contribution in [-0.2, 0) is 11.2 Å². The van der Waals surface area contributed by atoms with E-state index in [1.165, 1.54) is 4.68 Å². The highest BCUT2D eigenvalue weighted by molar-refractivity contribution is 5.93. The van der Waals surface area contributed by atoms with E-state index in [4.69, 9.17) is 5.73 Å². The molecule has 1 amide bonds. The summed E-state index contributed by atoms with van der Waals surface area (Å²) >= 11 is 0. The molecule has 0 spiro atoms.